The SMILES string of the molecule is C.C.C.C.C.C.CC(C)(C)CCCCC(C)(C)C. The van der Waals surface area contributed by atoms with Gasteiger partial charge in [-0.25, -0.2) is 0 Å². The summed E-state index contributed by atoms with van der Waals surface area (Å²) in [6, 6.07) is 0. The molecule has 0 saturated carbocycles. The summed E-state index contributed by atoms with van der Waals surface area (Å²) in [5, 5.41) is 0. The van der Waals surface area contributed by atoms with Crippen molar-refractivity contribution in [1.29, 1.82) is 0 Å². The van der Waals surface area contributed by atoms with E-state index in [1.165, 1.54) is 25.7 Å². The van der Waals surface area contributed by atoms with Gasteiger partial charge in [0.25, 0.3) is 0 Å². The maximum Gasteiger partial charge on any atom is -0.0383 e. The van der Waals surface area contributed by atoms with Crippen LogP contribution in [0.4, 0.5) is 0 Å². The second-order valence-corrected chi connectivity index (χ2v) is 6.33. The Kier molecular flexibility index (Phi) is 40.6. The van der Waals surface area contributed by atoms with Crippen molar-refractivity contribution in [2.45, 2.75) is 112 Å². The van der Waals surface area contributed by atoms with Crippen molar-refractivity contribution in [3.05, 3.63) is 0 Å². The Morgan fingerprint density at radius 1 is 0.444 bits per heavy atom. The third kappa shape index (κ3) is 44.4. The molecule has 0 rings (SSSR count). The van der Waals surface area contributed by atoms with E-state index in [2.05, 4.69) is 41.5 Å². The number of rotatable bonds is 3. The van der Waals surface area contributed by atoms with Gasteiger partial charge < -0.3 is 0 Å². The maximum atomic E-state index is 2.32. The van der Waals surface area contributed by atoms with Crippen LogP contribution < -0.4 is 0 Å². The fourth-order valence-electron chi connectivity index (χ4n) is 1.31. The maximum absolute atomic E-state index is 2.32. The topological polar surface area (TPSA) is 0 Å². The van der Waals surface area contributed by atoms with Gasteiger partial charge in [0.05, 0.1) is 0 Å². The van der Waals surface area contributed by atoms with E-state index >= 15 is 0 Å². The van der Waals surface area contributed by atoms with Crippen LogP contribution in [0, 0.1) is 10.8 Å². The molecule has 0 nitrogen and oxygen atoms in total. The molecule has 0 unspecified atom stereocenters. The Balaban J connectivity index is -0.0000000403. The van der Waals surface area contributed by atoms with Crippen molar-refractivity contribution >= 4 is 0 Å². The Morgan fingerprint density at radius 2 is 0.611 bits per heavy atom. The molecule has 122 valence electrons. The van der Waals surface area contributed by atoms with Crippen molar-refractivity contribution in [2.75, 3.05) is 0 Å². The standard InChI is InChI=1S/C12H26.6CH4/c1-11(2,3)9-7-8-10-12(4,5)6;;;;;;/h7-10H2,1-6H3;6*1H4. The summed E-state index contributed by atoms with van der Waals surface area (Å²) in [4.78, 5) is 0. The highest BCUT2D eigenvalue weighted by molar-refractivity contribution is 4.64. The van der Waals surface area contributed by atoms with Gasteiger partial charge in [-0.3, -0.25) is 0 Å². The lowest BCUT2D eigenvalue weighted by atomic mass is 9.85. The third-order valence-electron chi connectivity index (χ3n) is 2.10. The second kappa shape index (κ2) is 17.0. The smallest absolute Gasteiger partial charge is 0.0383 e. The van der Waals surface area contributed by atoms with Gasteiger partial charge in [-0.1, -0.05) is 98.9 Å². The largest absolute Gasteiger partial charge is 0.0776 e. The minimum atomic E-state index is 0. The fraction of sp³-hybridized carbons (Fsp3) is 1.00. The van der Waals surface area contributed by atoms with E-state index in [0.29, 0.717) is 10.8 Å². The summed E-state index contributed by atoms with van der Waals surface area (Å²) in [5.74, 6) is 0. The fourth-order valence-corrected chi connectivity index (χ4v) is 1.31. The van der Waals surface area contributed by atoms with Gasteiger partial charge in [0.2, 0.25) is 0 Å². The highest BCUT2D eigenvalue weighted by atomic mass is 14.2. The van der Waals surface area contributed by atoms with Crippen molar-refractivity contribution in [3.63, 3.8) is 0 Å². The average molecular weight is 267 g/mol. The molecule has 0 aliphatic heterocycles. The Morgan fingerprint density at radius 3 is 0.722 bits per heavy atom. The van der Waals surface area contributed by atoms with Gasteiger partial charge in [0.15, 0.2) is 0 Å². The zero-order valence-corrected chi connectivity index (χ0v) is 9.83. The summed E-state index contributed by atoms with van der Waals surface area (Å²) in [6.45, 7) is 13.9. The summed E-state index contributed by atoms with van der Waals surface area (Å²) < 4.78 is 0. The molecule has 0 heteroatoms. The molecule has 0 bridgehead atoms. The van der Waals surface area contributed by atoms with Crippen molar-refractivity contribution in [1.82, 2.24) is 0 Å². The van der Waals surface area contributed by atoms with E-state index in [4.69, 9.17) is 0 Å². The van der Waals surface area contributed by atoms with Gasteiger partial charge >= 0.3 is 0 Å². The Labute approximate surface area is 123 Å². The summed E-state index contributed by atoms with van der Waals surface area (Å²) >= 11 is 0. The van der Waals surface area contributed by atoms with Crippen molar-refractivity contribution in [2.24, 2.45) is 10.8 Å². The molecular weight excluding hydrogens is 216 g/mol. The summed E-state index contributed by atoms with van der Waals surface area (Å²) in [5.41, 5.74) is 1.05. The zero-order valence-electron chi connectivity index (χ0n) is 9.83. The predicted molar refractivity (Wildman–Crippen MR) is 97.8 cm³/mol. The van der Waals surface area contributed by atoms with Crippen LogP contribution in [-0.4, -0.2) is 0 Å². The molecular formula is C18H50. The zero-order chi connectivity index (χ0) is 9.83. The molecule has 0 aliphatic carbocycles. The monoisotopic (exact) mass is 266 g/mol. The molecule has 0 radical (unpaired) electrons. The van der Waals surface area contributed by atoms with Crippen LogP contribution in [-0.2, 0) is 0 Å². The number of hydrogen-bond donors (Lipinski definition) is 0. The van der Waals surface area contributed by atoms with E-state index in [9.17, 15) is 0 Å². The second-order valence-electron chi connectivity index (χ2n) is 6.33. The molecule has 0 atom stereocenters. The van der Waals surface area contributed by atoms with Gasteiger partial charge in [0.1, 0.15) is 0 Å². The normalized spacial score (nSPS) is 9.00. The van der Waals surface area contributed by atoms with Crippen LogP contribution in [0.25, 0.3) is 0 Å². The van der Waals surface area contributed by atoms with Crippen LogP contribution in [0.15, 0.2) is 0 Å². The molecule has 0 N–H and O–H groups in total. The number of unbranched alkanes of at least 4 members (excludes halogenated alkanes) is 1. The van der Waals surface area contributed by atoms with Crippen molar-refractivity contribution < 1.29 is 0 Å². The lowest BCUT2D eigenvalue weighted by Gasteiger charge is -2.21. The molecule has 0 spiro atoms. The first-order chi connectivity index (χ1) is 5.21. The molecule has 0 amide bonds. The minimum absolute atomic E-state index is 0. The first-order valence-corrected chi connectivity index (χ1v) is 5.21. The molecule has 0 saturated heterocycles. The highest BCUT2D eigenvalue weighted by Gasteiger charge is 2.12. The minimum Gasteiger partial charge on any atom is -0.0776 e. The van der Waals surface area contributed by atoms with Gasteiger partial charge in [-0.05, 0) is 23.7 Å². The molecule has 0 heterocycles. The molecule has 0 aromatic carbocycles. The van der Waals surface area contributed by atoms with Crippen LogP contribution in [0.3, 0.4) is 0 Å². The number of hydrogen-bond acceptors (Lipinski definition) is 0. The molecule has 0 aliphatic rings. The van der Waals surface area contributed by atoms with Crippen LogP contribution in [0.2, 0.25) is 0 Å². The van der Waals surface area contributed by atoms with E-state index in [0.717, 1.165) is 0 Å². The predicted octanol–water partition coefficient (Wildman–Crippen LogP) is 8.46. The van der Waals surface area contributed by atoms with Gasteiger partial charge in [-0.2, -0.15) is 0 Å². The van der Waals surface area contributed by atoms with Gasteiger partial charge in [-0.15, -0.1) is 0 Å². The van der Waals surface area contributed by atoms with Crippen LogP contribution in [0.1, 0.15) is 112 Å². The molecule has 0 fully saturated rings. The average Bonchev–Trinajstić information content (AvgIpc) is 1.76. The Hall–Kier alpha value is 0. The van der Waals surface area contributed by atoms with Gasteiger partial charge in [0, 0.05) is 0 Å². The van der Waals surface area contributed by atoms with Crippen molar-refractivity contribution in [3.8, 4) is 0 Å². The first kappa shape index (κ1) is 43.0. The molecule has 0 aromatic heterocycles. The lowest BCUT2D eigenvalue weighted by Crippen LogP contribution is -2.07. The lowest BCUT2D eigenvalue weighted by molar-refractivity contribution is 0.318. The van der Waals surface area contributed by atoms with Crippen LogP contribution in [0.5, 0.6) is 0 Å². The summed E-state index contributed by atoms with van der Waals surface area (Å²) in [7, 11) is 0. The van der Waals surface area contributed by atoms with E-state index in [-0.39, 0.29) is 44.6 Å². The molecule has 0 aromatic rings. The third-order valence-corrected chi connectivity index (χ3v) is 2.10. The van der Waals surface area contributed by atoms with E-state index in [1.54, 1.807) is 0 Å². The molecule has 18 heavy (non-hydrogen) atoms. The first-order valence-electron chi connectivity index (χ1n) is 5.21. The quantitative estimate of drug-likeness (QED) is 0.449. The van der Waals surface area contributed by atoms with Crippen LogP contribution >= 0.6 is 0 Å². The highest BCUT2D eigenvalue weighted by Crippen LogP contribution is 2.26. The van der Waals surface area contributed by atoms with E-state index < -0.39 is 0 Å². The Bertz CT molecular complexity index is 93.0. The summed E-state index contributed by atoms with van der Waals surface area (Å²) in [6.07, 6.45) is 5.51. The van der Waals surface area contributed by atoms with E-state index in [1.807, 2.05) is 0 Å².